The van der Waals surface area contributed by atoms with E-state index in [0.717, 1.165) is 42.6 Å². The van der Waals surface area contributed by atoms with Crippen molar-refractivity contribution in [2.75, 3.05) is 6.61 Å². The van der Waals surface area contributed by atoms with Crippen LogP contribution in [0.5, 0.6) is 5.75 Å². The zero-order chi connectivity index (χ0) is 18.9. The second kappa shape index (κ2) is 9.88. The number of rotatable bonds is 7. The van der Waals surface area contributed by atoms with Crippen molar-refractivity contribution in [1.82, 2.24) is 10.3 Å². The first-order chi connectivity index (χ1) is 13.2. The van der Waals surface area contributed by atoms with Gasteiger partial charge in [0.1, 0.15) is 12.4 Å². The van der Waals surface area contributed by atoms with Crippen molar-refractivity contribution in [2.45, 2.75) is 38.3 Å². The van der Waals surface area contributed by atoms with Crippen molar-refractivity contribution in [1.29, 1.82) is 0 Å². The Morgan fingerprint density at radius 1 is 1.26 bits per heavy atom. The summed E-state index contributed by atoms with van der Waals surface area (Å²) in [5, 5.41) is 12.3. The zero-order valence-corrected chi connectivity index (χ0v) is 15.4. The maximum atomic E-state index is 12.1. The lowest BCUT2D eigenvalue weighted by Gasteiger charge is -2.28. The summed E-state index contributed by atoms with van der Waals surface area (Å²) in [6.07, 6.45) is 10.8. The Bertz CT molecular complexity index is 744. The summed E-state index contributed by atoms with van der Waals surface area (Å²) in [6.45, 7) is 0.680. The molecule has 1 saturated carbocycles. The highest BCUT2D eigenvalue weighted by molar-refractivity contribution is 5.91. The first-order valence-electron chi connectivity index (χ1n) is 9.44. The van der Waals surface area contributed by atoms with Gasteiger partial charge in [0.15, 0.2) is 0 Å². The minimum atomic E-state index is -0.0875. The molecule has 142 valence electrons. The molecule has 3 rings (SSSR count). The number of carbonyl (C=O) groups excluding carboxylic acids is 1. The molecule has 0 aliphatic heterocycles. The Labute approximate surface area is 160 Å². The minimum Gasteiger partial charge on any atom is -0.489 e. The van der Waals surface area contributed by atoms with Crippen LogP contribution in [0.3, 0.4) is 0 Å². The maximum Gasteiger partial charge on any atom is 0.244 e. The molecule has 1 aromatic heterocycles. The second-order valence-corrected chi connectivity index (χ2v) is 6.97. The number of nitrogens with one attached hydrogen (secondary N) is 1. The third kappa shape index (κ3) is 6.22. The quantitative estimate of drug-likeness (QED) is 0.737. The van der Waals surface area contributed by atoms with Crippen LogP contribution in [0.15, 0.2) is 54.9 Å². The van der Waals surface area contributed by atoms with Gasteiger partial charge in [-0.2, -0.15) is 0 Å². The zero-order valence-electron chi connectivity index (χ0n) is 15.4. The first kappa shape index (κ1) is 19.1. The molecule has 5 heteroatoms. The molecule has 1 aliphatic rings. The number of hydrogen-bond acceptors (Lipinski definition) is 4. The van der Waals surface area contributed by atoms with E-state index in [2.05, 4.69) is 10.3 Å². The number of benzene rings is 1. The van der Waals surface area contributed by atoms with Gasteiger partial charge in [-0.1, -0.05) is 24.6 Å². The van der Waals surface area contributed by atoms with Crippen LogP contribution in [-0.4, -0.2) is 28.6 Å². The van der Waals surface area contributed by atoms with Crippen molar-refractivity contribution in [3.63, 3.8) is 0 Å². The van der Waals surface area contributed by atoms with Gasteiger partial charge in [0.05, 0.1) is 0 Å². The maximum absolute atomic E-state index is 12.1. The summed E-state index contributed by atoms with van der Waals surface area (Å²) in [4.78, 5) is 16.2. The van der Waals surface area contributed by atoms with Crippen molar-refractivity contribution < 1.29 is 14.6 Å². The molecule has 1 aromatic carbocycles. The molecule has 1 amide bonds. The van der Waals surface area contributed by atoms with E-state index in [1.165, 1.54) is 0 Å². The van der Waals surface area contributed by atoms with Gasteiger partial charge in [-0.15, -0.1) is 0 Å². The van der Waals surface area contributed by atoms with Crippen molar-refractivity contribution in [3.8, 4) is 5.75 Å². The van der Waals surface area contributed by atoms with Gasteiger partial charge in [-0.05, 0) is 55.0 Å². The van der Waals surface area contributed by atoms with Gasteiger partial charge in [-0.25, -0.2) is 0 Å². The van der Waals surface area contributed by atoms with E-state index in [1.807, 2.05) is 36.4 Å². The molecule has 0 radical (unpaired) electrons. The summed E-state index contributed by atoms with van der Waals surface area (Å²) in [6, 6.07) is 11.6. The summed E-state index contributed by atoms with van der Waals surface area (Å²) < 4.78 is 5.73. The predicted octanol–water partition coefficient (Wildman–Crippen LogP) is 3.34. The molecule has 0 unspecified atom stereocenters. The number of aliphatic hydroxyl groups is 1. The van der Waals surface area contributed by atoms with Gasteiger partial charge >= 0.3 is 0 Å². The fourth-order valence-corrected chi connectivity index (χ4v) is 3.33. The predicted molar refractivity (Wildman–Crippen MR) is 105 cm³/mol. The molecule has 0 spiro atoms. The second-order valence-electron chi connectivity index (χ2n) is 6.97. The van der Waals surface area contributed by atoms with Crippen LogP contribution in [0.2, 0.25) is 0 Å². The Kier molecular flexibility index (Phi) is 6.99. The largest absolute Gasteiger partial charge is 0.489 e. The number of aromatic nitrogens is 1. The number of nitrogens with zero attached hydrogens (tertiary/aromatic N) is 1. The average Bonchev–Trinajstić information content (AvgIpc) is 2.72. The Morgan fingerprint density at radius 3 is 2.85 bits per heavy atom. The molecular weight excluding hydrogens is 340 g/mol. The Hall–Kier alpha value is -2.66. The molecule has 1 fully saturated rings. The highest BCUT2D eigenvalue weighted by atomic mass is 16.5. The molecule has 1 heterocycles. The molecule has 5 nitrogen and oxygen atoms in total. The lowest BCUT2D eigenvalue weighted by Crippen LogP contribution is -2.38. The smallest absolute Gasteiger partial charge is 0.244 e. The Morgan fingerprint density at radius 2 is 2.11 bits per heavy atom. The topological polar surface area (TPSA) is 71.5 Å². The van der Waals surface area contributed by atoms with Gasteiger partial charge in [-0.3, -0.25) is 9.78 Å². The monoisotopic (exact) mass is 366 g/mol. The molecule has 0 bridgehead atoms. The van der Waals surface area contributed by atoms with Crippen LogP contribution in [-0.2, 0) is 11.4 Å². The van der Waals surface area contributed by atoms with Gasteiger partial charge in [0, 0.05) is 36.7 Å². The normalized spacial score (nSPS) is 19.7. The highest BCUT2D eigenvalue weighted by Crippen LogP contribution is 2.23. The van der Waals surface area contributed by atoms with Crippen molar-refractivity contribution in [3.05, 3.63) is 66.0 Å². The fraction of sp³-hybridized carbons (Fsp3) is 0.364. The number of aliphatic hydroxyl groups excluding tert-OH is 1. The van der Waals surface area contributed by atoms with Gasteiger partial charge in [0.25, 0.3) is 0 Å². The van der Waals surface area contributed by atoms with Crippen LogP contribution in [0.4, 0.5) is 0 Å². The minimum absolute atomic E-state index is 0.0875. The summed E-state index contributed by atoms with van der Waals surface area (Å²) >= 11 is 0. The fourth-order valence-electron chi connectivity index (χ4n) is 3.33. The summed E-state index contributed by atoms with van der Waals surface area (Å²) in [5.41, 5.74) is 1.96. The summed E-state index contributed by atoms with van der Waals surface area (Å²) in [5.74, 6) is 1.00. The molecule has 2 aromatic rings. The number of ether oxygens (including phenoxy) is 1. The molecule has 2 atom stereocenters. The molecule has 0 saturated heterocycles. The van der Waals surface area contributed by atoms with Gasteiger partial charge < -0.3 is 15.2 Å². The van der Waals surface area contributed by atoms with E-state index in [1.54, 1.807) is 24.5 Å². The number of amides is 1. The van der Waals surface area contributed by atoms with E-state index in [0.29, 0.717) is 12.5 Å². The average molecular weight is 366 g/mol. The standard InChI is InChI=1S/C22H26N2O3/c25-15-18-3-1-5-20(13-18)24-22(26)11-8-17-6-9-21(10-7-17)27-16-19-4-2-12-23-14-19/h2,4,6-12,14,18,20,25H,1,3,5,13,15-16H2,(H,24,26)/b11-8+/t18-,20+/m1/s1. The molecular formula is C22H26N2O3. The van der Waals surface area contributed by atoms with Gasteiger partial charge in [0.2, 0.25) is 5.91 Å². The van der Waals surface area contributed by atoms with E-state index in [-0.39, 0.29) is 18.6 Å². The number of carbonyl (C=O) groups is 1. The Balaban J connectivity index is 1.46. The highest BCUT2D eigenvalue weighted by Gasteiger charge is 2.21. The van der Waals surface area contributed by atoms with E-state index in [9.17, 15) is 9.90 Å². The molecule has 2 N–H and O–H groups in total. The number of pyridine rings is 1. The van der Waals surface area contributed by atoms with Crippen LogP contribution in [0.25, 0.3) is 6.08 Å². The first-order valence-corrected chi connectivity index (χ1v) is 9.44. The van der Waals surface area contributed by atoms with E-state index < -0.39 is 0 Å². The lowest BCUT2D eigenvalue weighted by molar-refractivity contribution is -0.117. The van der Waals surface area contributed by atoms with Crippen molar-refractivity contribution >= 4 is 12.0 Å². The van der Waals surface area contributed by atoms with Crippen LogP contribution in [0, 0.1) is 5.92 Å². The molecule has 1 aliphatic carbocycles. The SMILES string of the molecule is O=C(/C=C/c1ccc(OCc2cccnc2)cc1)N[C@H]1CCC[C@@H](CO)C1. The van der Waals surface area contributed by atoms with E-state index in [4.69, 9.17) is 4.74 Å². The van der Waals surface area contributed by atoms with E-state index >= 15 is 0 Å². The van der Waals surface area contributed by atoms with Crippen molar-refractivity contribution in [2.24, 2.45) is 5.92 Å². The third-order valence-corrected chi connectivity index (χ3v) is 4.82. The number of hydrogen-bond donors (Lipinski definition) is 2. The van der Waals surface area contributed by atoms with Crippen LogP contribution >= 0.6 is 0 Å². The van der Waals surface area contributed by atoms with Crippen LogP contribution in [0.1, 0.15) is 36.8 Å². The molecule has 27 heavy (non-hydrogen) atoms. The lowest BCUT2D eigenvalue weighted by atomic mass is 9.86. The van der Waals surface area contributed by atoms with Crippen LogP contribution < -0.4 is 10.1 Å². The summed E-state index contributed by atoms with van der Waals surface area (Å²) in [7, 11) is 0. The third-order valence-electron chi connectivity index (χ3n) is 4.82.